The monoisotopic (exact) mass is 236 g/mol. The molecule has 1 N–H and O–H groups in total. The molecule has 0 radical (unpaired) electrons. The summed E-state index contributed by atoms with van der Waals surface area (Å²) in [4.78, 5) is 21.2. The molecule has 1 saturated heterocycles. The molecule has 1 fully saturated rings. The highest BCUT2D eigenvalue weighted by atomic mass is 16.5. The van der Waals surface area contributed by atoms with E-state index in [9.17, 15) is 4.79 Å². The van der Waals surface area contributed by atoms with Gasteiger partial charge in [0.2, 0.25) is 11.8 Å². The Morgan fingerprint density at radius 1 is 1.59 bits per heavy atom. The van der Waals surface area contributed by atoms with Gasteiger partial charge < -0.3 is 15.0 Å². The zero-order chi connectivity index (χ0) is 12.3. The molecule has 2 heterocycles. The van der Waals surface area contributed by atoms with Gasteiger partial charge in [-0.3, -0.25) is 4.79 Å². The number of nitrogens with one attached hydrogen (secondary N) is 1. The summed E-state index contributed by atoms with van der Waals surface area (Å²) in [5.41, 5.74) is 0. The number of likely N-dealkylation sites (N-methyl/N-ethyl adjacent to an activating group) is 1. The number of hydrogen-bond donors (Lipinski definition) is 1. The molecule has 0 aliphatic carbocycles. The lowest BCUT2D eigenvalue weighted by molar-refractivity contribution is -0.126. The Kier molecular flexibility index (Phi) is 3.41. The first-order valence-corrected chi connectivity index (χ1v) is 5.64. The van der Waals surface area contributed by atoms with Crippen LogP contribution in [0, 0.1) is 0 Å². The predicted octanol–water partition coefficient (Wildman–Crippen LogP) is 0.518. The van der Waals surface area contributed by atoms with E-state index in [-0.39, 0.29) is 11.9 Å². The molecule has 1 aliphatic heterocycles. The lowest BCUT2D eigenvalue weighted by Crippen LogP contribution is -2.24. The van der Waals surface area contributed by atoms with Crippen molar-refractivity contribution in [1.29, 1.82) is 0 Å². The molecule has 1 aliphatic rings. The summed E-state index contributed by atoms with van der Waals surface area (Å²) in [5, 5.41) is 3.21. The van der Waals surface area contributed by atoms with Crippen molar-refractivity contribution in [3.8, 4) is 5.88 Å². The van der Waals surface area contributed by atoms with E-state index in [1.54, 1.807) is 18.0 Å². The minimum Gasteiger partial charge on any atom is -0.478 e. The van der Waals surface area contributed by atoms with Gasteiger partial charge in [-0.2, -0.15) is 0 Å². The highest BCUT2D eigenvalue weighted by Gasteiger charge is 2.26. The van der Waals surface area contributed by atoms with Crippen molar-refractivity contribution in [3.05, 3.63) is 12.4 Å². The molecule has 1 aromatic heterocycles. The van der Waals surface area contributed by atoms with E-state index in [4.69, 9.17) is 4.74 Å². The van der Waals surface area contributed by atoms with Crippen LogP contribution in [-0.4, -0.2) is 47.0 Å². The third kappa shape index (κ3) is 2.83. The van der Waals surface area contributed by atoms with E-state index < -0.39 is 0 Å². The van der Waals surface area contributed by atoms with Crippen LogP contribution in [0.1, 0.15) is 13.3 Å². The summed E-state index contributed by atoms with van der Waals surface area (Å²) in [5.74, 6) is 1.39. The quantitative estimate of drug-likeness (QED) is 0.825. The molecule has 17 heavy (non-hydrogen) atoms. The highest BCUT2D eigenvalue weighted by molar-refractivity contribution is 5.79. The Morgan fingerprint density at radius 2 is 2.41 bits per heavy atom. The van der Waals surface area contributed by atoms with Crippen LogP contribution in [0.4, 0.5) is 5.82 Å². The number of likely N-dealkylation sites (tertiary alicyclic amines) is 1. The van der Waals surface area contributed by atoms with Crippen molar-refractivity contribution in [1.82, 2.24) is 14.9 Å². The smallest absolute Gasteiger partial charge is 0.224 e. The van der Waals surface area contributed by atoms with Crippen LogP contribution in [-0.2, 0) is 4.79 Å². The van der Waals surface area contributed by atoms with Gasteiger partial charge >= 0.3 is 0 Å². The van der Waals surface area contributed by atoms with Crippen molar-refractivity contribution < 1.29 is 9.53 Å². The Morgan fingerprint density at radius 3 is 3.06 bits per heavy atom. The van der Waals surface area contributed by atoms with E-state index >= 15 is 0 Å². The van der Waals surface area contributed by atoms with Gasteiger partial charge in [0.25, 0.3) is 0 Å². The number of amides is 1. The number of aromatic nitrogens is 2. The Hall–Kier alpha value is -1.85. The van der Waals surface area contributed by atoms with Crippen LogP contribution in [0.5, 0.6) is 5.88 Å². The van der Waals surface area contributed by atoms with Crippen LogP contribution in [0.15, 0.2) is 12.4 Å². The molecule has 2 rings (SSSR count). The van der Waals surface area contributed by atoms with Crippen molar-refractivity contribution in [2.75, 3.05) is 25.5 Å². The zero-order valence-corrected chi connectivity index (χ0v) is 10.0. The van der Waals surface area contributed by atoms with Crippen LogP contribution >= 0.6 is 0 Å². The van der Waals surface area contributed by atoms with Crippen LogP contribution in [0.25, 0.3) is 0 Å². The first-order valence-electron chi connectivity index (χ1n) is 5.64. The minimum atomic E-state index is 0.108. The van der Waals surface area contributed by atoms with Gasteiger partial charge in [0.05, 0.1) is 12.6 Å². The second-order valence-corrected chi connectivity index (χ2v) is 3.99. The van der Waals surface area contributed by atoms with E-state index in [1.807, 2.05) is 6.92 Å². The maximum absolute atomic E-state index is 11.4. The third-order valence-electron chi connectivity index (χ3n) is 2.63. The lowest BCUT2D eigenvalue weighted by Gasteiger charge is -2.13. The summed E-state index contributed by atoms with van der Waals surface area (Å²) < 4.78 is 5.28. The number of carbonyl (C=O) groups is 1. The van der Waals surface area contributed by atoms with E-state index in [0.29, 0.717) is 31.3 Å². The van der Waals surface area contributed by atoms with Gasteiger partial charge in [-0.25, -0.2) is 9.97 Å². The van der Waals surface area contributed by atoms with E-state index in [0.717, 1.165) is 0 Å². The first kappa shape index (κ1) is 11.6. The van der Waals surface area contributed by atoms with Gasteiger partial charge in [0.15, 0.2) is 0 Å². The number of rotatable bonds is 4. The van der Waals surface area contributed by atoms with Crippen molar-refractivity contribution in [2.45, 2.75) is 19.4 Å². The Labute approximate surface area is 100 Å². The SMILES string of the molecule is CCOc1cc(NC2CC(=O)N(C)C2)ncn1. The molecule has 1 aromatic rings. The Bertz CT molecular complexity index is 410. The molecule has 1 unspecified atom stereocenters. The minimum absolute atomic E-state index is 0.108. The standard InChI is InChI=1S/C11H16N4O2/c1-3-17-10-5-9(12-7-13-10)14-8-4-11(16)15(2)6-8/h5,7-8H,3-4,6H2,1-2H3,(H,12,13,14). The fourth-order valence-electron chi connectivity index (χ4n) is 1.81. The third-order valence-corrected chi connectivity index (χ3v) is 2.63. The maximum Gasteiger partial charge on any atom is 0.224 e. The fourth-order valence-corrected chi connectivity index (χ4v) is 1.81. The van der Waals surface area contributed by atoms with Gasteiger partial charge in [0.1, 0.15) is 12.1 Å². The molecular weight excluding hydrogens is 220 g/mol. The summed E-state index contributed by atoms with van der Waals surface area (Å²) in [7, 11) is 1.80. The maximum atomic E-state index is 11.4. The largest absolute Gasteiger partial charge is 0.478 e. The number of ether oxygens (including phenoxy) is 1. The van der Waals surface area contributed by atoms with Crippen molar-refractivity contribution in [2.24, 2.45) is 0 Å². The molecule has 92 valence electrons. The van der Waals surface area contributed by atoms with Crippen LogP contribution < -0.4 is 10.1 Å². The fraction of sp³-hybridized carbons (Fsp3) is 0.545. The first-order chi connectivity index (χ1) is 8.19. The molecule has 1 atom stereocenters. The van der Waals surface area contributed by atoms with Crippen molar-refractivity contribution in [3.63, 3.8) is 0 Å². The average molecular weight is 236 g/mol. The summed E-state index contributed by atoms with van der Waals surface area (Å²) in [6.45, 7) is 3.17. The van der Waals surface area contributed by atoms with Gasteiger partial charge in [0, 0.05) is 26.1 Å². The summed E-state index contributed by atoms with van der Waals surface area (Å²) in [6, 6.07) is 1.85. The molecule has 0 bridgehead atoms. The number of carbonyl (C=O) groups excluding carboxylic acids is 1. The average Bonchev–Trinajstić information content (AvgIpc) is 2.59. The van der Waals surface area contributed by atoms with E-state index in [1.165, 1.54) is 6.33 Å². The summed E-state index contributed by atoms with van der Waals surface area (Å²) in [6.07, 6.45) is 1.96. The molecule has 0 saturated carbocycles. The molecule has 0 aromatic carbocycles. The Balaban J connectivity index is 1.99. The van der Waals surface area contributed by atoms with Gasteiger partial charge in [-0.15, -0.1) is 0 Å². The topological polar surface area (TPSA) is 67.3 Å². The van der Waals surface area contributed by atoms with Gasteiger partial charge in [-0.05, 0) is 6.92 Å². The molecule has 0 spiro atoms. The normalized spacial score (nSPS) is 19.5. The van der Waals surface area contributed by atoms with E-state index in [2.05, 4.69) is 15.3 Å². The molecule has 6 nitrogen and oxygen atoms in total. The van der Waals surface area contributed by atoms with Crippen LogP contribution in [0.3, 0.4) is 0 Å². The van der Waals surface area contributed by atoms with Gasteiger partial charge in [-0.1, -0.05) is 0 Å². The van der Waals surface area contributed by atoms with Crippen molar-refractivity contribution >= 4 is 11.7 Å². The highest BCUT2D eigenvalue weighted by Crippen LogP contribution is 2.16. The van der Waals surface area contributed by atoms with Crippen LogP contribution in [0.2, 0.25) is 0 Å². The predicted molar refractivity (Wildman–Crippen MR) is 62.9 cm³/mol. The summed E-state index contributed by atoms with van der Waals surface area (Å²) >= 11 is 0. The number of anilines is 1. The zero-order valence-electron chi connectivity index (χ0n) is 10.0. The molecule has 1 amide bonds. The number of nitrogens with zero attached hydrogens (tertiary/aromatic N) is 3. The second kappa shape index (κ2) is 4.99. The second-order valence-electron chi connectivity index (χ2n) is 3.99. The lowest BCUT2D eigenvalue weighted by atomic mass is 10.2. The molecular formula is C11H16N4O2. The molecule has 6 heteroatoms. The number of hydrogen-bond acceptors (Lipinski definition) is 5.